The molecule has 1 amide bonds. The average molecular weight is 399 g/mol. The van der Waals surface area contributed by atoms with Gasteiger partial charge in [0.2, 0.25) is 0 Å². The van der Waals surface area contributed by atoms with Crippen molar-refractivity contribution in [3.63, 3.8) is 0 Å². The number of furan rings is 1. The van der Waals surface area contributed by atoms with Crippen LogP contribution in [-0.4, -0.2) is 23.7 Å². The van der Waals surface area contributed by atoms with Crippen LogP contribution in [-0.2, 0) is 0 Å². The second kappa shape index (κ2) is 9.05. The van der Waals surface area contributed by atoms with Gasteiger partial charge in [-0.1, -0.05) is 25.1 Å². The number of ether oxygens (including phenoxy) is 1. The molecule has 6 nitrogen and oxygen atoms in total. The first-order chi connectivity index (χ1) is 14.7. The third-order valence-corrected chi connectivity index (χ3v) is 4.47. The summed E-state index contributed by atoms with van der Waals surface area (Å²) < 4.78 is 11.0. The largest absolute Gasteiger partial charge is 0.494 e. The lowest BCUT2D eigenvalue weighted by Gasteiger charge is -2.07. The monoisotopic (exact) mass is 399 g/mol. The van der Waals surface area contributed by atoms with E-state index in [2.05, 4.69) is 22.4 Å². The van der Waals surface area contributed by atoms with Crippen molar-refractivity contribution in [3.8, 4) is 17.2 Å². The summed E-state index contributed by atoms with van der Waals surface area (Å²) in [5.41, 5.74) is 5.24. The number of fused-ring (bicyclic) bond motifs is 1. The topological polar surface area (TPSA) is 76.7 Å². The molecule has 2 aromatic carbocycles. The Bertz CT molecular complexity index is 1170. The van der Waals surface area contributed by atoms with Crippen LogP contribution in [0.5, 0.6) is 5.75 Å². The molecule has 0 aliphatic rings. The van der Waals surface area contributed by atoms with Crippen LogP contribution in [0.4, 0.5) is 0 Å². The smallest absolute Gasteiger partial charge is 0.272 e. The number of para-hydroxylation sites is 1. The maximum atomic E-state index is 12.8. The summed E-state index contributed by atoms with van der Waals surface area (Å²) in [5, 5.41) is 4.85. The predicted octanol–water partition coefficient (Wildman–Crippen LogP) is 5.05. The third-order valence-electron chi connectivity index (χ3n) is 4.47. The lowest BCUT2D eigenvalue weighted by atomic mass is 10.1. The summed E-state index contributed by atoms with van der Waals surface area (Å²) in [6.07, 6.45) is 4.13. The number of nitrogens with one attached hydrogen (secondary N) is 1. The second-order valence-electron chi connectivity index (χ2n) is 6.67. The summed E-state index contributed by atoms with van der Waals surface area (Å²) in [4.78, 5) is 17.4. The van der Waals surface area contributed by atoms with Gasteiger partial charge in [-0.3, -0.25) is 4.79 Å². The van der Waals surface area contributed by atoms with Gasteiger partial charge in [0.1, 0.15) is 11.4 Å². The van der Waals surface area contributed by atoms with Crippen molar-refractivity contribution in [2.45, 2.75) is 13.3 Å². The third kappa shape index (κ3) is 4.38. The van der Waals surface area contributed by atoms with Gasteiger partial charge >= 0.3 is 0 Å². The lowest BCUT2D eigenvalue weighted by Crippen LogP contribution is -2.18. The molecule has 150 valence electrons. The van der Waals surface area contributed by atoms with E-state index in [9.17, 15) is 4.79 Å². The van der Waals surface area contributed by atoms with E-state index in [1.165, 1.54) is 0 Å². The fourth-order valence-corrected chi connectivity index (χ4v) is 3.01. The number of nitrogens with zero attached hydrogens (tertiary/aromatic N) is 2. The van der Waals surface area contributed by atoms with E-state index in [4.69, 9.17) is 9.15 Å². The second-order valence-corrected chi connectivity index (χ2v) is 6.67. The van der Waals surface area contributed by atoms with Gasteiger partial charge in [-0.15, -0.1) is 0 Å². The molecular formula is C24H21N3O3. The SMILES string of the molecule is CCCOc1ccc(C=NNC(=O)c2cc(-c3ccco3)nc3ccccc23)cc1. The Labute approximate surface area is 174 Å². The highest BCUT2D eigenvalue weighted by Gasteiger charge is 2.14. The van der Waals surface area contributed by atoms with Crippen molar-refractivity contribution in [3.05, 3.63) is 84.1 Å². The standard InChI is InChI=1S/C24H21N3O3/c1-2-13-29-18-11-9-17(10-12-18)16-25-27-24(28)20-15-22(23-8-5-14-30-23)26-21-7-4-3-6-19(20)21/h3-12,14-16H,2,13H2,1H3,(H,27,28). The molecule has 0 aliphatic heterocycles. The number of pyridine rings is 1. The number of aromatic nitrogens is 1. The molecule has 2 aromatic heterocycles. The number of rotatable bonds is 7. The molecule has 0 fully saturated rings. The minimum Gasteiger partial charge on any atom is -0.494 e. The zero-order chi connectivity index (χ0) is 20.8. The first-order valence-corrected chi connectivity index (χ1v) is 9.74. The summed E-state index contributed by atoms with van der Waals surface area (Å²) in [5.74, 6) is 1.09. The Morgan fingerprint density at radius 1 is 1.13 bits per heavy atom. The summed E-state index contributed by atoms with van der Waals surface area (Å²) in [6.45, 7) is 2.75. The highest BCUT2D eigenvalue weighted by atomic mass is 16.5. The van der Waals surface area contributed by atoms with E-state index in [-0.39, 0.29) is 5.91 Å². The molecule has 30 heavy (non-hydrogen) atoms. The van der Waals surface area contributed by atoms with E-state index >= 15 is 0 Å². The highest BCUT2D eigenvalue weighted by molar-refractivity contribution is 6.07. The number of hydrogen-bond acceptors (Lipinski definition) is 5. The normalized spacial score (nSPS) is 11.1. The maximum absolute atomic E-state index is 12.8. The quantitative estimate of drug-likeness (QED) is 0.349. The molecule has 2 heterocycles. The summed E-state index contributed by atoms with van der Waals surface area (Å²) in [7, 11) is 0. The minimum atomic E-state index is -0.319. The minimum absolute atomic E-state index is 0.319. The number of carbonyl (C=O) groups excluding carboxylic acids is 1. The molecule has 0 unspecified atom stereocenters. The van der Waals surface area contributed by atoms with Crippen LogP contribution >= 0.6 is 0 Å². The molecular weight excluding hydrogens is 378 g/mol. The first-order valence-electron chi connectivity index (χ1n) is 9.74. The Morgan fingerprint density at radius 3 is 2.73 bits per heavy atom. The van der Waals surface area contributed by atoms with Crippen molar-refractivity contribution in [1.82, 2.24) is 10.4 Å². The van der Waals surface area contributed by atoms with Gasteiger partial charge in [-0.25, -0.2) is 10.4 Å². The summed E-state index contributed by atoms with van der Waals surface area (Å²) in [6, 6.07) is 20.3. The van der Waals surface area contributed by atoms with E-state index in [0.717, 1.165) is 23.1 Å². The summed E-state index contributed by atoms with van der Waals surface area (Å²) >= 11 is 0. The molecule has 0 spiro atoms. The zero-order valence-corrected chi connectivity index (χ0v) is 16.5. The number of hydrazone groups is 1. The Kier molecular flexibility index (Phi) is 5.85. The van der Waals surface area contributed by atoms with Crippen molar-refractivity contribution >= 4 is 23.0 Å². The van der Waals surface area contributed by atoms with Crippen LogP contribution in [0.2, 0.25) is 0 Å². The van der Waals surface area contributed by atoms with Crippen LogP contribution in [0, 0.1) is 0 Å². The number of carbonyl (C=O) groups is 1. The van der Waals surface area contributed by atoms with Gasteiger partial charge in [0.05, 0.1) is 30.2 Å². The van der Waals surface area contributed by atoms with E-state index in [0.29, 0.717) is 29.1 Å². The van der Waals surface area contributed by atoms with Crippen molar-refractivity contribution in [2.75, 3.05) is 6.61 Å². The zero-order valence-electron chi connectivity index (χ0n) is 16.5. The van der Waals surface area contributed by atoms with Crippen molar-refractivity contribution in [2.24, 2.45) is 5.10 Å². The molecule has 0 radical (unpaired) electrons. The molecule has 4 aromatic rings. The number of benzene rings is 2. The predicted molar refractivity (Wildman–Crippen MR) is 117 cm³/mol. The molecule has 0 atom stereocenters. The van der Waals surface area contributed by atoms with Crippen molar-refractivity contribution < 1.29 is 13.9 Å². The molecule has 4 rings (SSSR count). The molecule has 0 saturated heterocycles. The van der Waals surface area contributed by atoms with Gasteiger partial charge in [0, 0.05) is 5.39 Å². The Hall–Kier alpha value is -3.93. The average Bonchev–Trinajstić information content (AvgIpc) is 3.33. The van der Waals surface area contributed by atoms with E-state index < -0.39 is 0 Å². The Morgan fingerprint density at radius 2 is 1.97 bits per heavy atom. The van der Waals surface area contributed by atoms with Gasteiger partial charge < -0.3 is 9.15 Å². The van der Waals surface area contributed by atoms with Gasteiger partial charge in [-0.2, -0.15) is 5.10 Å². The fraction of sp³-hybridized carbons (Fsp3) is 0.125. The molecule has 0 saturated carbocycles. The molecule has 1 N–H and O–H groups in total. The van der Waals surface area contributed by atoms with Crippen LogP contribution in [0.3, 0.4) is 0 Å². The lowest BCUT2D eigenvalue weighted by molar-refractivity contribution is 0.0956. The number of amides is 1. The van der Waals surface area contributed by atoms with Gasteiger partial charge in [0.25, 0.3) is 5.91 Å². The van der Waals surface area contributed by atoms with Crippen molar-refractivity contribution in [1.29, 1.82) is 0 Å². The van der Waals surface area contributed by atoms with Gasteiger partial charge in [-0.05, 0) is 60.5 Å². The molecule has 0 aliphatic carbocycles. The van der Waals surface area contributed by atoms with Crippen LogP contribution in [0.15, 0.2) is 82.5 Å². The molecule has 0 bridgehead atoms. The first kappa shape index (κ1) is 19.4. The van der Waals surface area contributed by atoms with Crippen LogP contribution in [0.25, 0.3) is 22.4 Å². The van der Waals surface area contributed by atoms with Crippen LogP contribution in [0.1, 0.15) is 29.3 Å². The number of hydrogen-bond donors (Lipinski definition) is 1. The molecule has 6 heteroatoms. The van der Waals surface area contributed by atoms with Gasteiger partial charge in [0.15, 0.2) is 5.76 Å². The fourth-order valence-electron chi connectivity index (χ4n) is 3.01. The Balaban J connectivity index is 1.53. The van der Waals surface area contributed by atoms with Crippen LogP contribution < -0.4 is 10.2 Å². The highest BCUT2D eigenvalue weighted by Crippen LogP contribution is 2.25. The maximum Gasteiger partial charge on any atom is 0.272 e. The van der Waals surface area contributed by atoms with E-state index in [1.54, 1.807) is 24.6 Å². The van der Waals surface area contributed by atoms with E-state index in [1.807, 2.05) is 54.6 Å².